The lowest BCUT2D eigenvalue weighted by molar-refractivity contribution is -0.115. The Morgan fingerprint density at radius 2 is 2.00 bits per heavy atom. The maximum Gasteiger partial charge on any atom is 0.326 e. The lowest BCUT2D eigenvalue weighted by Crippen LogP contribution is -2.22. The first-order valence-corrected chi connectivity index (χ1v) is 8.20. The van der Waals surface area contributed by atoms with Crippen LogP contribution >= 0.6 is 15.9 Å². The van der Waals surface area contributed by atoms with Crippen LogP contribution in [0.1, 0.15) is 32.8 Å². The van der Waals surface area contributed by atoms with Crippen LogP contribution in [0.4, 0.5) is 4.79 Å². The smallest absolute Gasteiger partial charge is 0.326 e. The number of ether oxygens (including phenoxy) is 2. The number of carbonyl (C=O) groups is 2. The maximum atomic E-state index is 11.6. The van der Waals surface area contributed by atoms with E-state index in [4.69, 9.17) is 9.47 Å². The predicted octanol–water partition coefficient (Wildman–Crippen LogP) is 3.21. The molecule has 0 bridgehead atoms. The Kier molecular flexibility index (Phi) is 5.65. The normalized spacial score (nSPS) is 17.0. The summed E-state index contributed by atoms with van der Waals surface area (Å²) in [7, 11) is 0. The number of urea groups is 1. The average Bonchev–Trinajstić information content (AvgIpc) is 2.80. The molecule has 23 heavy (non-hydrogen) atoms. The molecule has 124 valence electrons. The molecule has 2 N–H and O–H groups in total. The van der Waals surface area contributed by atoms with Crippen LogP contribution in [0.3, 0.4) is 0 Å². The topological polar surface area (TPSA) is 76.7 Å². The Bertz CT molecular complexity index is 658. The third kappa shape index (κ3) is 4.25. The molecule has 1 aromatic carbocycles. The monoisotopic (exact) mass is 382 g/mol. The summed E-state index contributed by atoms with van der Waals surface area (Å²) in [5.41, 5.74) is 0.907. The number of carbonyl (C=O) groups excluding carboxylic acids is 2. The number of amides is 3. The summed E-state index contributed by atoms with van der Waals surface area (Å²) in [4.78, 5) is 22.8. The minimum Gasteiger partial charge on any atom is -0.490 e. The van der Waals surface area contributed by atoms with Gasteiger partial charge in [0, 0.05) is 0 Å². The molecule has 7 heteroatoms. The number of hydrogen-bond acceptors (Lipinski definition) is 4. The van der Waals surface area contributed by atoms with Gasteiger partial charge in [0.1, 0.15) is 5.70 Å². The van der Waals surface area contributed by atoms with Gasteiger partial charge < -0.3 is 14.8 Å². The number of rotatable bonds is 6. The molecule has 1 aliphatic rings. The fourth-order valence-electron chi connectivity index (χ4n) is 1.98. The minimum absolute atomic E-state index is 0.0506. The van der Waals surface area contributed by atoms with Gasteiger partial charge in [-0.2, -0.15) is 0 Å². The molecule has 1 unspecified atom stereocenters. The van der Waals surface area contributed by atoms with Crippen molar-refractivity contribution in [1.29, 1.82) is 0 Å². The Morgan fingerprint density at radius 1 is 1.26 bits per heavy atom. The van der Waals surface area contributed by atoms with E-state index < -0.39 is 11.9 Å². The highest BCUT2D eigenvalue weighted by Crippen LogP contribution is 2.38. The van der Waals surface area contributed by atoms with E-state index in [0.717, 1.165) is 10.9 Å². The van der Waals surface area contributed by atoms with Gasteiger partial charge in [-0.1, -0.05) is 6.92 Å². The SMILES string of the molecule is CCOc1cc(/C=C2\NC(=O)NC2=O)cc(Br)c1OC(C)CC. The van der Waals surface area contributed by atoms with Crippen LogP contribution in [0, 0.1) is 0 Å². The number of nitrogens with one attached hydrogen (secondary N) is 2. The number of imide groups is 1. The summed E-state index contributed by atoms with van der Waals surface area (Å²) in [5.74, 6) is 0.756. The Hall–Kier alpha value is -2.02. The third-order valence-electron chi connectivity index (χ3n) is 3.26. The van der Waals surface area contributed by atoms with Crippen molar-refractivity contribution >= 4 is 33.9 Å². The lowest BCUT2D eigenvalue weighted by atomic mass is 10.1. The highest BCUT2D eigenvalue weighted by atomic mass is 79.9. The van der Waals surface area contributed by atoms with E-state index in [1.807, 2.05) is 26.8 Å². The van der Waals surface area contributed by atoms with Gasteiger partial charge in [0.25, 0.3) is 5.91 Å². The van der Waals surface area contributed by atoms with Crippen LogP contribution in [-0.4, -0.2) is 24.6 Å². The van der Waals surface area contributed by atoms with Crippen molar-refractivity contribution in [3.8, 4) is 11.5 Å². The molecule has 6 nitrogen and oxygen atoms in total. The molecule has 1 heterocycles. The zero-order chi connectivity index (χ0) is 17.0. The van der Waals surface area contributed by atoms with Gasteiger partial charge in [0.05, 0.1) is 17.2 Å². The Labute approximate surface area is 143 Å². The van der Waals surface area contributed by atoms with E-state index in [2.05, 4.69) is 26.6 Å². The number of hydrogen-bond donors (Lipinski definition) is 2. The summed E-state index contributed by atoms with van der Waals surface area (Å²) < 4.78 is 12.3. The van der Waals surface area contributed by atoms with Crippen LogP contribution in [0.5, 0.6) is 11.5 Å². The summed E-state index contributed by atoms with van der Waals surface area (Å²) in [5, 5.41) is 4.61. The first kappa shape index (κ1) is 17.3. The molecular weight excluding hydrogens is 364 g/mol. The number of benzene rings is 1. The van der Waals surface area contributed by atoms with Crippen molar-refractivity contribution in [2.24, 2.45) is 0 Å². The van der Waals surface area contributed by atoms with Crippen LogP contribution in [0.25, 0.3) is 6.08 Å². The predicted molar refractivity (Wildman–Crippen MR) is 90.3 cm³/mol. The van der Waals surface area contributed by atoms with Gasteiger partial charge in [-0.05, 0) is 60.0 Å². The molecule has 0 aromatic heterocycles. The highest BCUT2D eigenvalue weighted by molar-refractivity contribution is 9.10. The average molecular weight is 383 g/mol. The van der Waals surface area contributed by atoms with E-state index in [1.54, 1.807) is 12.1 Å². The molecular formula is C16H19BrN2O4. The van der Waals surface area contributed by atoms with Gasteiger partial charge >= 0.3 is 6.03 Å². The van der Waals surface area contributed by atoms with E-state index >= 15 is 0 Å². The molecule has 0 radical (unpaired) electrons. The molecule has 1 saturated heterocycles. The number of halogens is 1. The molecule has 0 aliphatic carbocycles. The van der Waals surface area contributed by atoms with Crippen molar-refractivity contribution in [2.75, 3.05) is 6.61 Å². The van der Waals surface area contributed by atoms with Crippen LogP contribution in [0.2, 0.25) is 0 Å². The molecule has 2 rings (SSSR count). The molecule has 0 saturated carbocycles. The fraction of sp³-hybridized carbons (Fsp3) is 0.375. The first-order valence-electron chi connectivity index (χ1n) is 7.41. The lowest BCUT2D eigenvalue weighted by Gasteiger charge is -2.18. The third-order valence-corrected chi connectivity index (χ3v) is 3.85. The van der Waals surface area contributed by atoms with Crippen molar-refractivity contribution in [1.82, 2.24) is 10.6 Å². The zero-order valence-corrected chi connectivity index (χ0v) is 14.8. The largest absolute Gasteiger partial charge is 0.490 e. The zero-order valence-electron chi connectivity index (χ0n) is 13.2. The second kappa shape index (κ2) is 7.50. The van der Waals surface area contributed by atoms with Gasteiger partial charge in [0.15, 0.2) is 11.5 Å². The summed E-state index contributed by atoms with van der Waals surface area (Å²) in [6, 6.07) is 3.06. The van der Waals surface area contributed by atoms with E-state index in [0.29, 0.717) is 23.7 Å². The molecule has 1 aliphatic heterocycles. The minimum atomic E-state index is -0.526. The Balaban J connectivity index is 2.37. The molecule has 0 spiro atoms. The molecule has 3 amide bonds. The second-order valence-electron chi connectivity index (χ2n) is 5.07. The Morgan fingerprint density at radius 3 is 2.57 bits per heavy atom. The van der Waals surface area contributed by atoms with E-state index in [-0.39, 0.29) is 11.8 Å². The van der Waals surface area contributed by atoms with E-state index in [9.17, 15) is 9.59 Å². The van der Waals surface area contributed by atoms with Crippen molar-refractivity contribution in [2.45, 2.75) is 33.3 Å². The van der Waals surface area contributed by atoms with Gasteiger partial charge in [-0.15, -0.1) is 0 Å². The van der Waals surface area contributed by atoms with Crippen LogP contribution in [-0.2, 0) is 4.79 Å². The van der Waals surface area contributed by atoms with Crippen LogP contribution < -0.4 is 20.1 Å². The molecule has 1 aromatic rings. The summed E-state index contributed by atoms with van der Waals surface area (Å²) >= 11 is 3.48. The molecule has 1 atom stereocenters. The van der Waals surface area contributed by atoms with Crippen molar-refractivity contribution < 1.29 is 19.1 Å². The quantitative estimate of drug-likeness (QED) is 0.584. The van der Waals surface area contributed by atoms with Gasteiger partial charge in [0.2, 0.25) is 0 Å². The van der Waals surface area contributed by atoms with Crippen LogP contribution in [0.15, 0.2) is 22.3 Å². The maximum absolute atomic E-state index is 11.6. The standard InChI is InChI=1S/C16H19BrN2O4/c1-4-9(3)23-14-11(17)6-10(8-13(14)22-5-2)7-12-15(20)19-16(21)18-12/h6-9H,4-5H2,1-3H3,(H2,18,19,20,21)/b12-7-. The second-order valence-corrected chi connectivity index (χ2v) is 5.92. The highest BCUT2D eigenvalue weighted by Gasteiger charge is 2.23. The van der Waals surface area contributed by atoms with Gasteiger partial charge in [-0.3, -0.25) is 10.1 Å². The summed E-state index contributed by atoms with van der Waals surface area (Å²) in [6.45, 7) is 6.40. The fourth-order valence-corrected chi connectivity index (χ4v) is 2.54. The van der Waals surface area contributed by atoms with Crippen molar-refractivity contribution in [3.63, 3.8) is 0 Å². The summed E-state index contributed by atoms with van der Waals surface area (Å²) in [6.07, 6.45) is 2.51. The van der Waals surface area contributed by atoms with Gasteiger partial charge in [-0.25, -0.2) is 4.79 Å². The van der Waals surface area contributed by atoms with Crippen molar-refractivity contribution in [3.05, 3.63) is 27.9 Å². The molecule has 1 fully saturated rings. The first-order chi connectivity index (χ1) is 10.9. The van der Waals surface area contributed by atoms with E-state index in [1.165, 1.54) is 0 Å².